The van der Waals surface area contributed by atoms with E-state index in [-0.39, 0.29) is 11.0 Å². The highest BCUT2D eigenvalue weighted by Crippen LogP contribution is 2.19. The van der Waals surface area contributed by atoms with Gasteiger partial charge in [-0.2, -0.15) is 13.2 Å². The van der Waals surface area contributed by atoms with Crippen LogP contribution in [0.1, 0.15) is 5.56 Å². The SMILES string of the molecule is Cc1cc(Cl)nc(OCC(F)(F)F)c1. The maximum Gasteiger partial charge on any atom is 0.422 e. The molecule has 0 saturated heterocycles. The Bertz CT molecular complexity index is 307. The lowest BCUT2D eigenvalue weighted by Gasteiger charge is -2.08. The Kier molecular flexibility index (Phi) is 3.21. The lowest BCUT2D eigenvalue weighted by atomic mass is 10.3. The second-order valence-electron chi connectivity index (χ2n) is 2.71. The van der Waals surface area contributed by atoms with Gasteiger partial charge in [0, 0.05) is 6.07 Å². The number of alkyl halides is 3. The van der Waals surface area contributed by atoms with Gasteiger partial charge >= 0.3 is 6.18 Å². The second-order valence-corrected chi connectivity index (χ2v) is 3.10. The molecule has 0 bridgehead atoms. The molecule has 0 amide bonds. The molecule has 0 radical (unpaired) electrons. The van der Waals surface area contributed by atoms with Crippen LogP contribution in [-0.4, -0.2) is 17.8 Å². The van der Waals surface area contributed by atoms with Crippen molar-refractivity contribution < 1.29 is 17.9 Å². The Morgan fingerprint density at radius 2 is 2.07 bits per heavy atom. The van der Waals surface area contributed by atoms with Crippen molar-refractivity contribution in [2.24, 2.45) is 0 Å². The standard InChI is InChI=1S/C8H7ClF3NO/c1-5-2-6(9)13-7(3-5)14-4-8(10,11)12/h2-3H,4H2,1H3. The first-order valence-electron chi connectivity index (χ1n) is 3.70. The van der Waals surface area contributed by atoms with Gasteiger partial charge in [-0.1, -0.05) is 11.6 Å². The third kappa shape index (κ3) is 3.83. The number of hydrogen-bond acceptors (Lipinski definition) is 2. The van der Waals surface area contributed by atoms with Crippen LogP contribution in [0.15, 0.2) is 12.1 Å². The molecule has 0 aliphatic carbocycles. The highest BCUT2D eigenvalue weighted by Gasteiger charge is 2.28. The quantitative estimate of drug-likeness (QED) is 0.722. The minimum atomic E-state index is -4.36. The summed E-state index contributed by atoms with van der Waals surface area (Å²) in [5.41, 5.74) is 0.696. The summed E-state index contributed by atoms with van der Waals surface area (Å²) >= 11 is 5.53. The summed E-state index contributed by atoms with van der Waals surface area (Å²) in [5.74, 6) is -0.118. The lowest BCUT2D eigenvalue weighted by Crippen LogP contribution is -2.19. The van der Waals surface area contributed by atoms with Crippen LogP contribution in [0.2, 0.25) is 5.15 Å². The summed E-state index contributed by atoms with van der Waals surface area (Å²) in [5, 5.41) is 0.113. The first-order valence-corrected chi connectivity index (χ1v) is 4.08. The Labute approximate surface area is 83.7 Å². The molecule has 0 fully saturated rings. The number of pyridine rings is 1. The lowest BCUT2D eigenvalue weighted by molar-refractivity contribution is -0.154. The van der Waals surface area contributed by atoms with E-state index in [4.69, 9.17) is 11.6 Å². The van der Waals surface area contributed by atoms with Crippen LogP contribution < -0.4 is 4.74 Å². The highest BCUT2D eigenvalue weighted by molar-refractivity contribution is 6.29. The Morgan fingerprint density at radius 1 is 1.43 bits per heavy atom. The normalized spacial score (nSPS) is 11.5. The summed E-state index contributed by atoms with van der Waals surface area (Å²) in [4.78, 5) is 3.58. The molecule has 78 valence electrons. The van der Waals surface area contributed by atoms with Gasteiger partial charge in [0.2, 0.25) is 5.88 Å². The Balaban J connectivity index is 2.68. The van der Waals surface area contributed by atoms with Crippen LogP contribution in [0.5, 0.6) is 5.88 Å². The fraction of sp³-hybridized carbons (Fsp3) is 0.375. The molecule has 6 heteroatoms. The predicted octanol–water partition coefficient (Wildman–Crippen LogP) is 2.98. The molecule has 0 atom stereocenters. The van der Waals surface area contributed by atoms with Gasteiger partial charge in [0.15, 0.2) is 6.61 Å². The molecule has 1 rings (SSSR count). The molecule has 2 nitrogen and oxygen atoms in total. The molecule has 0 spiro atoms. The van der Waals surface area contributed by atoms with Crippen molar-refractivity contribution in [3.8, 4) is 5.88 Å². The van der Waals surface area contributed by atoms with E-state index in [1.54, 1.807) is 6.92 Å². The van der Waals surface area contributed by atoms with Gasteiger partial charge in [-0.25, -0.2) is 4.98 Å². The molecule has 14 heavy (non-hydrogen) atoms. The molecule has 0 aromatic carbocycles. The largest absolute Gasteiger partial charge is 0.468 e. The van der Waals surface area contributed by atoms with Crippen molar-refractivity contribution in [3.63, 3.8) is 0 Å². The number of hydrogen-bond donors (Lipinski definition) is 0. The van der Waals surface area contributed by atoms with E-state index in [0.717, 1.165) is 0 Å². The van der Waals surface area contributed by atoms with Crippen LogP contribution in [0.4, 0.5) is 13.2 Å². The first-order chi connectivity index (χ1) is 6.37. The molecule has 0 N–H and O–H groups in total. The third-order valence-corrected chi connectivity index (χ3v) is 1.49. The van der Waals surface area contributed by atoms with Gasteiger partial charge in [0.1, 0.15) is 5.15 Å². The van der Waals surface area contributed by atoms with Crippen molar-refractivity contribution in [3.05, 3.63) is 22.8 Å². The summed E-state index contributed by atoms with van der Waals surface area (Å²) in [7, 11) is 0. The predicted molar refractivity (Wildman–Crippen MR) is 45.5 cm³/mol. The fourth-order valence-corrected chi connectivity index (χ4v) is 1.08. The van der Waals surface area contributed by atoms with Gasteiger partial charge in [-0.3, -0.25) is 0 Å². The number of halogens is 4. The number of rotatable bonds is 2. The molecule has 1 aromatic rings. The van der Waals surface area contributed by atoms with Crippen molar-refractivity contribution in [2.45, 2.75) is 13.1 Å². The molecule has 1 heterocycles. The highest BCUT2D eigenvalue weighted by atomic mass is 35.5. The molecular weight excluding hydrogens is 219 g/mol. The fourth-order valence-electron chi connectivity index (χ4n) is 0.824. The topological polar surface area (TPSA) is 22.1 Å². The maximum absolute atomic E-state index is 11.8. The minimum Gasteiger partial charge on any atom is -0.468 e. The van der Waals surface area contributed by atoms with Crippen molar-refractivity contribution in [1.29, 1.82) is 0 Å². The van der Waals surface area contributed by atoms with Crippen LogP contribution >= 0.6 is 11.6 Å². The zero-order valence-corrected chi connectivity index (χ0v) is 7.99. The van der Waals surface area contributed by atoms with Gasteiger partial charge in [-0.05, 0) is 18.6 Å². The summed E-state index contributed by atoms with van der Waals surface area (Å²) in [6.07, 6.45) is -4.36. The first kappa shape index (κ1) is 11.1. The van der Waals surface area contributed by atoms with Gasteiger partial charge in [0.25, 0.3) is 0 Å². The van der Waals surface area contributed by atoms with E-state index in [2.05, 4.69) is 9.72 Å². The smallest absolute Gasteiger partial charge is 0.422 e. The van der Waals surface area contributed by atoms with E-state index in [0.29, 0.717) is 5.56 Å². The zero-order valence-electron chi connectivity index (χ0n) is 7.23. The number of aryl methyl sites for hydroxylation is 1. The molecule has 0 aliphatic heterocycles. The van der Waals surface area contributed by atoms with Crippen LogP contribution in [0, 0.1) is 6.92 Å². The maximum atomic E-state index is 11.8. The monoisotopic (exact) mass is 225 g/mol. The number of ether oxygens (including phenoxy) is 1. The van der Waals surface area contributed by atoms with E-state index in [9.17, 15) is 13.2 Å². The van der Waals surface area contributed by atoms with Gasteiger partial charge in [-0.15, -0.1) is 0 Å². The minimum absolute atomic E-state index is 0.113. The Hall–Kier alpha value is -0.970. The van der Waals surface area contributed by atoms with Crippen LogP contribution in [-0.2, 0) is 0 Å². The number of nitrogens with zero attached hydrogens (tertiary/aromatic N) is 1. The summed E-state index contributed by atoms with van der Waals surface area (Å²) in [6.45, 7) is 0.327. The molecule has 1 aromatic heterocycles. The molecular formula is C8H7ClF3NO. The van der Waals surface area contributed by atoms with Crippen molar-refractivity contribution in [1.82, 2.24) is 4.98 Å². The number of aromatic nitrogens is 1. The summed E-state index contributed by atoms with van der Waals surface area (Å²) < 4.78 is 39.7. The van der Waals surface area contributed by atoms with E-state index >= 15 is 0 Å². The van der Waals surface area contributed by atoms with Crippen LogP contribution in [0.25, 0.3) is 0 Å². The average molecular weight is 226 g/mol. The van der Waals surface area contributed by atoms with Gasteiger partial charge < -0.3 is 4.74 Å². The van der Waals surface area contributed by atoms with Gasteiger partial charge in [0.05, 0.1) is 0 Å². The van der Waals surface area contributed by atoms with E-state index < -0.39 is 12.8 Å². The zero-order chi connectivity index (χ0) is 10.8. The molecule has 0 aliphatic rings. The summed E-state index contributed by atoms with van der Waals surface area (Å²) in [6, 6.07) is 2.92. The molecule has 0 saturated carbocycles. The van der Waals surface area contributed by atoms with Crippen molar-refractivity contribution in [2.75, 3.05) is 6.61 Å². The van der Waals surface area contributed by atoms with Crippen LogP contribution in [0.3, 0.4) is 0 Å². The van der Waals surface area contributed by atoms with E-state index in [1.807, 2.05) is 0 Å². The molecule has 0 unspecified atom stereocenters. The Morgan fingerprint density at radius 3 is 2.57 bits per heavy atom. The van der Waals surface area contributed by atoms with Crippen molar-refractivity contribution >= 4 is 11.6 Å². The average Bonchev–Trinajstić information content (AvgIpc) is 1.97. The van der Waals surface area contributed by atoms with E-state index in [1.165, 1.54) is 12.1 Å². The second kappa shape index (κ2) is 4.04. The third-order valence-electron chi connectivity index (χ3n) is 1.30.